The zero-order valence-corrected chi connectivity index (χ0v) is 20.0. The number of hydrogen-bond acceptors (Lipinski definition) is 2. The van der Waals surface area contributed by atoms with Crippen molar-refractivity contribution in [1.29, 1.82) is 0 Å². The van der Waals surface area contributed by atoms with Gasteiger partial charge < -0.3 is 9.47 Å². The van der Waals surface area contributed by atoms with Crippen molar-refractivity contribution in [3.63, 3.8) is 0 Å². The summed E-state index contributed by atoms with van der Waals surface area (Å²) in [6.45, 7) is 3.15. The Morgan fingerprint density at radius 1 is 0.964 bits per heavy atom. The molecule has 0 N–H and O–H groups in total. The molecule has 2 rings (SSSR count). The third kappa shape index (κ3) is 10.3. The minimum atomic E-state index is 0.0314. The van der Waals surface area contributed by atoms with Crippen molar-refractivity contribution >= 4 is 15.9 Å². The molecule has 0 aromatic rings. The average molecular weight is 458 g/mol. The van der Waals surface area contributed by atoms with Crippen LogP contribution in [0, 0.1) is 11.8 Å². The molecule has 0 aromatic heterocycles. The van der Waals surface area contributed by atoms with Crippen LogP contribution in [0.4, 0.5) is 0 Å². The molecule has 164 valence electrons. The molecule has 3 heteroatoms. The standard InChI is InChI=1S/C25H45BrO2/c1-2-3-7-16-24(28-25-17-9-11-21-27-25)19-18-23-15-12-14-22(23)13-8-5-4-6-10-20-26/h18-19,22-25H,2-17,20-21H2,1H3/b19-18+/t22-,23+,24-,25?/m0/s1. The lowest BCUT2D eigenvalue weighted by molar-refractivity contribution is -0.179. The molecular weight excluding hydrogens is 412 g/mol. The van der Waals surface area contributed by atoms with Crippen molar-refractivity contribution in [3.8, 4) is 0 Å². The Morgan fingerprint density at radius 3 is 2.61 bits per heavy atom. The molecule has 1 aliphatic carbocycles. The number of unbranched alkanes of at least 4 members (excludes halogenated alkanes) is 6. The van der Waals surface area contributed by atoms with E-state index in [0.717, 1.165) is 36.6 Å². The van der Waals surface area contributed by atoms with Crippen molar-refractivity contribution < 1.29 is 9.47 Å². The number of halogens is 1. The summed E-state index contributed by atoms with van der Waals surface area (Å²) in [6.07, 6.45) is 26.3. The number of hydrogen-bond donors (Lipinski definition) is 0. The second-order valence-corrected chi connectivity index (χ2v) is 9.74. The molecular formula is C25H45BrO2. The van der Waals surface area contributed by atoms with E-state index in [9.17, 15) is 0 Å². The van der Waals surface area contributed by atoms with Crippen LogP contribution in [0.3, 0.4) is 0 Å². The van der Waals surface area contributed by atoms with Gasteiger partial charge in [0, 0.05) is 11.9 Å². The van der Waals surface area contributed by atoms with E-state index in [-0.39, 0.29) is 12.4 Å². The van der Waals surface area contributed by atoms with Gasteiger partial charge in [0.05, 0.1) is 6.10 Å². The highest BCUT2D eigenvalue weighted by Gasteiger charge is 2.25. The fourth-order valence-electron chi connectivity index (χ4n) is 4.79. The minimum absolute atomic E-state index is 0.0314. The van der Waals surface area contributed by atoms with Gasteiger partial charge in [-0.2, -0.15) is 0 Å². The summed E-state index contributed by atoms with van der Waals surface area (Å²) in [5, 5.41) is 1.16. The van der Waals surface area contributed by atoms with E-state index < -0.39 is 0 Å². The Bertz CT molecular complexity index is 392. The summed E-state index contributed by atoms with van der Waals surface area (Å²) < 4.78 is 12.2. The lowest BCUT2D eigenvalue weighted by Gasteiger charge is -2.27. The van der Waals surface area contributed by atoms with Crippen molar-refractivity contribution in [3.05, 3.63) is 12.2 Å². The molecule has 4 atom stereocenters. The molecule has 1 saturated carbocycles. The molecule has 1 unspecified atom stereocenters. The van der Waals surface area contributed by atoms with Gasteiger partial charge in [0.2, 0.25) is 0 Å². The molecule has 1 saturated heterocycles. The quantitative estimate of drug-likeness (QED) is 0.140. The minimum Gasteiger partial charge on any atom is -0.353 e. The van der Waals surface area contributed by atoms with Gasteiger partial charge in [0.1, 0.15) is 0 Å². The van der Waals surface area contributed by atoms with Crippen molar-refractivity contribution in [1.82, 2.24) is 0 Å². The summed E-state index contributed by atoms with van der Waals surface area (Å²) in [5.74, 6) is 1.70. The molecule has 0 aromatic carbocycles. The summed E-state index contributed by atoms with van der Waals surface area (Å²) in [7, 11) is 0. The first kappa shape index (κ1) is 24.4. The van der Waals surface area contributed by atoms with Crippen LogP contribution in [0.5, 0.6) is 0 Å². The SMILES string of the molecule is CCCCC[C@@H](/C=C/[C@H]1CCC[C@@H]1CCCCCCCBr)OC1CCCCO1. The van der Waals surface area contributed by atoms with Crippen LogP contribution in [0.2, 0.25) is 0 Å². The Labute approximate surface area is 183 Å². The summed E-state index contributed by atoms with van der Waals surface area (Å²) in [4.78, 5) is 0. The first-order valence-electron chi connectivity index (χ1n) is 12.3. The molecule has 2 aliphatic rings. The van der Waals surface area contributed by atoms with E-state index in [1.807, 2.05) is 0 Å². The summed E-state index contributed by atoms with van der Waals surface area (Å²) in [5.41, 5.74) is 0. The number of allylic oxidation sites excluding steroid dienone is 1. The highest BCUT2D eigenvalue weighted by Crippen LogP contribution is 2.36. The fourth-order valence-corrected chi connectivity index (χ4v) is 5.19. The molecule has 0 bridgehead atoms. The first-order chi connectivity index (χ1) is 13.8. The normalized spacial score (nSPS) is 26.9. The van der Waals surface area contributed by atoms with Crippen LogP contribution >= 0.6 is 15.9 Å². The second-order valence-electron chi connectivity index (χ2n) is 8.95. The van der Waals surface area contributed by atoms with E-state index in [4.69, 9.17) is 9.47 Å². The molecule has 0 amide bonds. The smallest absolute Gasteiger partial charge is 0.158 e. The summed E-state index contributed by atoms with van der Waals surface area (Å²) in [6, 6.07) is 0. The third-order valence-corrected chi connectivity index (χ3v) is 7.12. The number of ether oxygens (including phenoxy) is 2. The number of alkyl halides is 1. The van der Waals surface area contributed by atoms with Gasteiger partial charge in [-0.25, -0.2) is 0 Å². The Balaban J connectivity index is 1.75. The summed E-state index contributed by atoms with van der Waals surface area (Å²) >= 11 is 3.53. The van der Waals surface area contributed by atoms with Gasteiger partial charge in [-0.05, 0) is 63.2 Å². The predicted octanol–water partition coefficient (Wildman–Crippen LogP) is 8.19. The van der Waals surface area contributed by atoms with E-state index in [1.165, 1.54) is 89.9 Å². The Kier molecular flexibility index (Phi) is 13.9. The van der Waals surface area contributed by atoms with Crippen LogP contribution in [-0.2, 0) is 9.47 Å². The van der Waals surface area contributed by atoms with Gasteiger partial charge >= 0.3 is 0 Å². The molecule has 1 aliphatic heterocycles. The van der Waals surface area contributed by atoms with Crippen LogP contribution in [0.25, 0.3) is 0 Å². The molecule has 0 spiro atoms. The molecule has 28 heavy (non-hydrogen) atoms. The monoisotopic (exact) mass is 456 g/mol. The third-order valence-electron chi connectivity index (χ3n) is 6.56. The van der Waals surface area contributed by atoms with E-state index in [0.29, 0.717) is 0 Å². The van der Waals surface area contributed by atoms with Crippen LogP contribution in [0.1, 0.15) is 110 Å². The zero-order chi connectivity index (χ0) is 19.9. The highest BCUT2D eigenvalue weighted by atomic mass is 79.9. The van der Waals surface area contributed by atoms with Gasteiger partial charge in [0.15, 0.2) is 6.29 Å². The Morgan fingerprint density at radius 2 is 1.82 bits per heavy atom. The first-order valence-corrected chi connectivity index (χ1v) is 13.5. The predicted molar refractivity (Wildman–Crippen MR) is 124 cm³/mol. The number of rotatable bonds is 15. The molecule has 2 fully saturated rings. The maximum Gasteiger partial charge on any atom is 0.158 e. The van der Waals surface area contributed by atoms with Gasteiger partial charge in [0.25, 0.3) is 0 Å². The Hall–Kier alpha value is 0.140. The lowest BCUT2D eigenvalue weighted by Crippen LogP contribution is -2.27. The second kappa shape index (κ2) is 15.9. The topological polar surface area (TPSA) is 18.5 Å². The lowest BCUT2D eigenvalue weighted by atomic mass is 9.89. The molecule has 1 heterocycles. The van der Waals surface area contributed by atoms with Crippen LogP contribution in [0.15, 0.2) is 12.2 Å². The van der Waals surface area contributed by atoms with Gasteiger partial charge in [-0.3, -0.25) is 0 Å². The maximum atomic E-state index is 6.36. The molecule has 2 nitrogen and oxygen atoms in total. The fraction of sp³-hybridized carbons (Fsp3) is 0.920. The van der Waals surface area contributed by atoms with E-state index >= 15 is 0 Å². The highest BCUT2D eigenvalue weighted by molar-refractivity contribution is 9.09. The van der Waals surface area contributed by atoms with E-state index in [1.54, 1.807) is 0 Å². The maximum absolute atomic E-state index is 6.36. The van der Waals surface area contributed by atoms with Crippen LogP contribution < -0.4 is 0 Å². The van der Waals surface area contributed by atoms with Crippen LogP contribution in [-0.4, -0.2) is 24.3 Å². The van der Waals surface area contributed by atoms with Crippen molar-refractivity contribution in [2.75, 3.05) is 11.9 Å². The van der Waals surface area contributed by atoms with E-state index in [2.05, 4.69) is 35.0 Å². The van der Waals surface area contributed by atoms with Crippen molar-refractivity contribution in [2.24, 2.45) is 11.8 Å². The average Bonchev–Trinajstić information content (AvgIpc) is 3.17. The van der Waals surface area contributed by atoms with Crippen molar-refractivity contribution in [2.45, 2.75) is 122 Å². The largest absolute Gasteiger partial charge is 0.353 e. The zero-order valence-electron chi connectivity index (χ0n) is 18.4. The van der Waals surface area contributed by atoms with Gasteiger partial charge in [-0.15, -0.1) is 0 Å². The molecule has 0 radical (unpaired) electrons. The van der Waals surface area contributed by atoms with Gasteiger partial charge in [-0.1, -0.05) is 86.4 Å².